The van der Waals surface area contributed by atoms with Crippen LogP contribution in [0.15, 0.2) is 60.2 Å². The molecule has 0 spiro atoms. The third-order valence-electron chi connectivity index (χ3n) is 6.95. The number of amides is 1. The zero-order valence-corrected chi connectivity index (χ0v) is 23.2. The Balaban J connectivity index is 1.74. The number of ether oxygens (including phenoxy) is 2. The minimum Gasteiger partial charge on any atom is -0.507 e. The van der Waals surface area contributed by atoms with Crippen LogP contribution in [0.4, 0.5) is 14.7 Å². The lowest BCUT2D eigenvalue weighted by Crippen LogP contribution is -2.30. The zero-order valence-electron chi connectivity index (χ0n) is 23.2. The van der Waals surface area contributed by atoms with E-state index in [0.717, 1.165) is 22.6 Å². The van der Waals surface area contributed by atoms with Gasteiger partial charge in [0.2, 0.25) is 5.95 Å². The number of hydrogen-bond acceptors (Lipinski definition) is 6. The molecule has 1 aliphatic heterocycles. The first kappa shape index (κ1) is 27.8. The number of carbonyl (C=O) groups excluding carboxylic acids is 2. The number of nitrogens with one attached hydrogen (secondary N) is 1. The smallest absolute Gasteiger partial charge is 0.302 e. The SMILES string of the molecule is CCOc1ccc(/C(O)=C2\C(=O)C(=O)N(c3nc4cc(F)c(F)cc4[nH]3)C2c2cccc(OC)c2)cc1C(C)(C)C. The summed E-state index contributed by atoms with van der Waals surface area (Å²) in [6, 6.07) is 12.5. The van der Waals surface area contributed by atoms with Crippen LogP contribution in [0.25, 0.3) is 16.8 Å². The number of aromatic nitrogens is 2. The van der Waals surface area contributed by atoms with Crippen molar-refractivity contribution in [2.45, 2.75) is 39.2 Å². The molecular weight excluding hydrogens is 532 g/mol. The predicted molar refractivity (Wildman–Crippen MR) is 150 cm³/mol. The molecule has 2 N–H and O–H groups in total. The Kier molecular flexibility index (Phi) is 7.02. The van der Waals surface area contributed by atoms with Crippen LogP contribution in [-0.4, -0.2) is 40.5 Å². The van der Waals surface area contributed by atoms with Gasteiger partial charge in [0.25, 0.3) is 5.78 Å². The maximum absolute atomic E-state index is 13.9. The summed E-state index contributed by atoms with van der Waals surface area (Å²) in [6.07, 6.45) is 0. The predicted octanol–water partition coefficient (Wildman–Crippen LogP) is 6.17. The number of aliphatic hydroxyl groups excluding tert-OH is 1. The van der Waals surface area contributed by atoms with Crippen LogP contribution >= 0.6 is 0 Å². The van der Waals surface area contributed by atoms with E-state index in [1.807, 2.05) is 27.7 Å². The van der Waals surface area contributed by atoms with E-state index in [1.165, 1.54) is 7.11 Å². The van der Waals surface area contributed by atoms with Crippen LogP contribution in [-0.2, 0) is 15.0 Å². The maximum atomic E-state index is 13.9. The van der Waals surface area contributed by atoms with E-state index in [1.54, 1.807) is 42.5 Å². The first-order valence-electron chi connectivity index (χ1n) is 13.0. The second kappa shape index (κ2) is 10.3. The molecule has 0 bridgehead atoms. The van der Waals surface area contributed by atoms with Gasteiger partial charge in [0.15, 0.2) is 11.6 Å². The van der Waals surface area contributed by atoms with Gasteiger partial charge in [-0.25, -0.2) is 13.8 Å². The highest BCUT2D eigenvalue weighted by molar-refractivity contribution is 6.51. The number of fused-ring (bicyclic) bond motifs is 1. The van der Waals surface area contributed by atoms with Crippen LogP contribution in [0.2, 0.25) is 0 Å². The number of halogens is 2. The normalized spacial score (nSPS) is 17.0. The van der Waals surface area contributed by atoms with E-state index in [4.69, 9.17) is 9.47 Å². The van der Waals surface area contributed by atoms with Crippen molar-refractivity contribution in [3.05, 3.63) is 88.5 Å². The lowest BCUT2D eigenvalue weighted by atomic mass is 9.84. The zero-order chi connectivity index (χ0) is 29.6. The summed E-state index contributed by atoms with van der Waals surface area (Å²) in [4.78, 5) is 35.3. The van der Waals surface area contributed by atoms with Gasteiger partial charge in [0.05, 0.1) is 36.4 Å². The fourth-order valence-electron chi connectivity index (χ4n) is 4.98. The fourth-order valence-corrected chi connectivity index (χ4v) is 4.98. The number of ketones is 1. The van der Waals surface area contributed by atoms with E-state index in [0.29, 0.717) is 29.2 Å². The van der Waals surface area contributed by atoms with E-state index < -0.39 is 29.4 Å². The van der Waals surface area contributed by atoms with Gasteiger partial charge in [0, 0.05) is 23.3 Å². The average molecular weight is 562 g/mol. The molecule has 4 aromatic rings. The highest BCUT2D eigenvalue weighted by Gasteiger charge is 2.48. The Labute approximate surface area is 235 Å². The number of rotatable bonds is 6. The molecule has 41 heavy (non-hydrogen) atoms. The molecule has 1 fully saturated rings. The van der Waals surface area contributed by atoms with Crippen molar-refractivity contribution in [2.75, 3.05) is 18.6 Å². The summed E-state index contributed by atoms with van der Waals surface area (Å²) < 4.78 is 39.0. The monoisotopic (exact) mass is 561 g/mol. The summed E-state index contributed by atoms with van der Waals surface area (Å²) >= 11 is 0. The molecule has 10 heteroatoms. The maximum Gasteiger partial charge on any atom is 0.302 e. The van der Waals surface area contributed by atoms with Crippen LogP contribution in [0.5, 0.6) is 11.5 Å². The Hall–Kier alpha value is -4.73. The molecule has 1 saturated heterocycles. The third kappa shape index (κ3) is 4.90. The summed E-state index contributed by atoms with van der Waals surface area (Å²) in [7, 11) is 1.48. The van der Waals surface area contributed by atoms with E-state index in [2.05, 4.69) is 9.97 Å². The largest absolute Gasteiger partial charge is 0.507 e. The van der Waals surface area contributed by atoms with E-state index in [-0.39, 0.29) is 33.7 Å². The Morgan fingerprint density at radius 1 is 1.07 bits per heavy atom. The van der Waals surface area contributed by atoms with Crippen molar-refractivity contribution in [1.29, 1.82) is 0 Å². The van der Waals surface area contributed by atoms with Crippen LogP contribution in [0, 0.1) is 11.6 Å². The molecule has 1 unspecified atom stereocenters. The number of hydrogen-bond donors (Lipinski definition) is 2. The second-order valence-electron chi connectivity index (χ2n) is 10.7. The molecule has 0 radical (unpaired) electrons. The van der Waals surface area contributed by atoms with Gasteiger partial charge < -0.3 is 19.6 Å². The molecule has 1 aliphatic rings. The van der Waals surface area contributed by atoms with Gasteiger partial charge in [0.1, 0.15) is 17.3 Å². The molecule has 212 valence electrons. The number of anilines is 1. The average Bonchev–Trinajstić information content (AvgIpc) is 3.45. The standard InChI is InChI=1S/C31H29F2N3O5/c1-6-41-24-11-10-17(13-19(24)31(2,3)4)27(37)25-26(16-8-7-9-18(12-16)40-5)36(29(39)28(25)38)30-34-22-14-20(32)21(33)15-23(22)35-30/h7-15,26,37H,6H2,1-5H3,(H,34,35)/b27-25+. The highest BCUT2D eigenvalue weighted by atomic mass is 19.2. The Morgan fingerprint density at radius 2 is 1.80 bits per heavy atom. The molecule has 0 aliphatic carbocycles. The number of Topliss-reactive ketones (excluding diaryl/α,β-unsaturated/α-hetero) is 1. The Bertz CT molecular complexity index is 1680. The molecule has 5 rings (SSSR count). The topological polar surface area (TPSA) is 105 Å². The Morgan fingerprint density at radius 3 is 2.49 bits per heavy atom. The molecule has 1 amide bonds. The molecule has 8 nitrogen and oxygen atoms in total. The number of benzene rings is 3. The number of nitrogens with zero attached hydrogens (tertiary/aromatic N) is 2. The van der Waals surface area contributed by atoms with Gasteiger partial charge in [-0.3, -0.25) is 14.5 Å². The van der Waals surface area contributed by atoms with E-state index in [9.17, 15) is 23.5 Å². The lowest BCUT2D eigenvalue weighted by Gasteiger charge is -2.25. The van der Waals surface area contributed by atoms with E-state index >= 15 is 0 Å². The summed E-state index contributed by atoms with van der Waals surface area (Å²) in [6.45, 7) is 8.31. The highest BCUT2D eigenvalue weighted by Crippen LogP contribution is 2.43. The van der Waals surface area contributed by atoms with Crippen molar-refractivity contribution in [1.82, 2.24) is 9.97 Å². The molecule has 1 aromatic heterocycles. The van der Waals surface area contributed by atoms with Crippen molar-refractivity contribution in [2.24, 2.45) is 0 Å². The minimum atomic E-state index is -1.13. The van der Waals surface area contributed by atoms with Gasteiger partial charge in [-0.1, -0.05) is 32.9 Å². The number of methoxy groups -OCH3 is 1. The first-order chi connectivity index (χ1) is 19.4. The van der Waals surface area contributed by atoms with Gasteiger partial charge in [-0.05, 0) is 48.2 Å². The summed E-state index contributed by atoms with van der Waals surface area (Å²) in [5, 5.41) is 11.6. The quantitative estimate of drug-likeness (QED) is 0.166. The third-order valence-corrected chi connectivity index (χ3v) is 6.95. The van der Waals surface area contributed by atoms with Crippen LogP contribution in [0.1, 0.15) is 50.4 Å². The van der Waals surface area contributed by atoms with Crippen molar-refractivity contribution >= 4 is 34.4 Å². The second-order valence-corrected chi connectivity index (χ2v) is 10.7. The van der Waals surface area contributed by atoms with Crippen molar-refractivity contribution in [3.63, 3.8) is 0 Å². The van der Waals surface area contributed by atoms with Gasteiger partial charge in [-0.15, -0.1) is 0 Å². The summed E-state index contributed by atoms with van der Waals surface area (Å²) in [5.41, 5.74) is 1.22. The number of imidazole rings is 1. The van der Waals surface area contributed by atoms with Crippen LogP contribution in [0.3, 0.4) is 0 Å². The van der Waals surface area contributed by atoms with Gasteiger partial charge >= 0.3 is 5.91 Å². The van der Waals surface area contributed by atoms with Gasteiger partial charge in [-0.2, -0.15) is 0 Å². The van der Waals surface area contributed by atoms with Crippen LogP contribution < -0.4 is 14.4 Å². The lowest BCUT2D eigenvalue weighted by molar-refractivity contribution is -0.132. The number of aromatic amines is 1. The van der Waals surface area contributed by atoms with Crippen molar-refractivity contribution < 1.29 is 33.0 Å². The fraction of sp³-hybridized carbons (Fsp3) is 0.258. The summed E-state index contributed by atoms with van der Waals surface area (Å²) in [5.74, 6) is -3.51. The number of carbonyl (C=O) groups is 2. The van der Waals surface area contributed by atoms with Crippen molar-refractivity contribution in [3.8, 4) is 11.5 Å². The molecule has 1 atom stereocenters. The number of aliphatic hydroxyl groups is 1. The molecule has 2 heterocycles. The first-order valence-corrected chi connectivity index (χ1v) is 13.0. The number of H-pyrrole nitrogens is 1. The molecular formula is C31H29F2N3O5. The minimum absolute atomic E-state index is 0.0616. The molecule has 3 aromatic carbocycles. The molecule has 0 saturated carbocycles.